The smallest absolute Gasteiger partial charge is 0.305 e. The summed E-state index contributed by atoms with van der Waals surface area (Å²) in [5, 5.41) is 20.4. The van der Waals surface area contributed by atoms with Gasteiger partial charge in [0.2, 0.25) is 5.91 Å². The summed E-state index contributed by atoms with van der Waals surface area (Å²) in [6, 6.07) is 5.71. The Hall–Kier alpha value is -2.86. The molecule has 0 aliphatic heterocycles. The summed E-state index contributed by atoms with van der Waals surface area (Å²) in [6.45, 7) is 0.497. The number of carbonyl (C=O) groups is 3. The Kier molecular flexibility index (Phi) is 10.4. The number of aliphatic hydroxyl groups excluding tert-OH is 1. The van der Waals surface area contributed by atoms with Gasteiger partial charge in [-0.3, -0.25) is 19.1 Å². The summed E-state index contributed by atoms with van der Waals surface area (Å²) in [7, 11) is 0. The fourth-order valence-electron chi connectivity index (χ4n) is 1.88. The maximum atomic E-state index is 12.3. The van der Waals surface area contributed by atoms with Gasteiger partial charge in [-0.15, -0.1) is 10.1 Å². The number of esters is 1. The van der Waals surface area contributed by atoms with Crippen LogP contribution in [0.1, 0.15) is 25.3 Å². The average molecular weight is 415 g/mol. The number of ether oxygens (including phenoxy) is 1. The van der Waals surface area contributed by atoms with Crippen LogP contribution in [0.4, 0.5) is 0 Å². The minimum atomic E-state index is -1.10. The van der Waals surface area contributed by atoms with Crippen LogP contribution in [0, 0.1) is 10.1 Å². The van der Waals surface area contributed by atoms with Crippen molar-refractivity contribution in [2.24, 2.45) is 0 Å². The molecule has 0 aliphatic carbocycles. The van der Waals surface area contributed by atoms with Gasteiger partial charge in [0.05, 0.1) is 13.2 Å². The summed E-state index contributed by atoms with van der Waals surface area (Å²) in [6.07, 6.45) is -0.0509. The van der Waals surface area contributed by atoms with Crippen LogP contribution in [-0.2, 0) is 30.6 Å². The number of aliphatic hydroxyl groups is 1. The highest BCUT2D eigenvalue weighted by molar-refractivity contribution is 7.98. The molecule has 0 fully saturated rings. The number of amides is 2. The molecule has 1 atom stereocenters. The molecule has 1 aromatic rings. The molecule has 0 saturated heterocycles. The standard InChI is InChI=1S/C16H21N3O8S/c1-11(21)17-14(10-26-15(22)3-2-8-27-19(24)25)16(23)18-28-13-6-4-12(9-20)5-7-13/h4-7,14,20H,2-3,8-10H2,1H3,(H,17,21)(H,18,23). The minimum Gasteiger partial charge on any atom is -0.463 e. The van der Waals surface area contributed by atoms with Crippen molar-refractivity contribution in [2.75, 3.05) is 13.2 Å². The molecular weight excluding hydrogens is 394 g/mol. The molecule has 1 rings (SSSR count). The van der Waals surface area contributed by atoms with Gasteiger partial charge < -0.3 is 20.0 Å². The van der Waals surface area contributed by atoms with Crippen LogP contribution in [0.3, 0.4) is 0 Å². The number of hydrogen-bond acceptors (Lipinski definition) is 9. The van der Waals surface area contributed by atoms with Crippen LogP contribution in [0.25, 0.3) is 0 Å². The zero-order valence-electron chi connectivity index (χ0n) is 15.1. The SMILES string of the molecule is CC(=O)NC(COC(=O)CCCO[N+](=O)[O-])C(=O)NSc1ccc(CO)cc1. The quantitative estimate of drug-likeness (QED) is 0.144. The zero-order chi connectivity index (χ0) is 20.9. The van der Waals surface area contributed by atoms with Crippen molar-refractivity contribution in [2.45, 2.75) is 37.3 Å². The maximum Gasteiger partial charge on any atom is 0.305 e. The summed E-state index contributed by atoms with van der Waals surface area (Å²) >= 11 is 1.00. The van der Waals surface area contributed by atoms with Crippen LogP contribution in [-0.4, -0.2) is 47.2 Å². The normalized spacial score (nSPS) is 11.2. The van der Waals surface area contributed by atoms with E-state index in [4.69, 9.17) is 9.84 Å². The zero-order valence-corrected chi connectivity index (χ0v) is 15.9. The molecule has 0 aromatic heterocycles. The second-order valence-electron chi connectivity index (χ2n) is 5.47. The molecule has 0 saturated carbocycles. The highest BCUT2D eigenvalue weighted by Crippen LogP contribution is 2.15. The van der Waals surface area contributed by atoms with E-state index in [2.05, 4.69) is 14.9 Å². The van der Waals surface area contributed by atoms with E-state index >= 15 is 0 Å². The van der Waals surface area contributed by atoms with Gasteiger partial charge in [-0.1, -0.05) is 12.1 Å². The Morgan fingerprint density at radius 1 is 1.29 bits per heavy atom. The second-order valence-corrected chi connectivity index (χ2v) is 6.35. The van der Waals surface area contributed by atoms with Crippen LogP contribution in [0.5, 0.6) is 0 Å². The van der Waals surface area contributed by atoms with Crippen LogP contribution in [0.15, 0.2) is 29.2 Å². The van der Waals surface area contributed by atoms with Gasteiger partial charge in [-0.2, -0.15) is 0 Å². The molecule has 0 spiro atoms. The Balaban J connectivity index is 2.46. The number of nitrogens with zero attached hydrogens (tertiary/aromatic N) is 1. The highest BCUT2D eigenvalue weighted by atomic mass is 32.2. The molecule has 28 heavy (non-hydrogen) atoms. The van der Waals surface area contributed by atoms with Crippen molar-refractivity contribution in [3.8, 4) is 0 Å². The predicted molar refractivity (Wildman–Crippen MR) is 97.1 cm³/mol. The van der Waals surface area contributed by atoms with Gasteiger partial charge in [0.25, 0.3) is 11.0 Å². The molecule has 0 aliphatic rings. The molecule has 154 valence electrons. The van der Waals surface area contributed by atoms with Gasteiger partial charge in [-0.25, -0.2) is 0 Å². The van der Waals surface area contributed by atoms with E-state index in [1.54, 1.807) is 24.3 Å². The number of carbonyl (C=O) groups excluding carboxylic acids is 3. The Bertz CT molecular complexity index is 683. The first-order valence-corrected chi connectivity index (χ1v) is 9.00. The molecule has 0 radical (unpaired) electrons. The molecule has 1 unspecified atom stereocenters. The first-order chi connectivity index (χ1) is 13.3. The third-order valence-corrected chi connectivity index (χ3v) is 4.01. The lowest BCUT2D eigenvalue weighted by molar-refractivity contribution is -0.757. The summed E-state index contributed by atoms with van der Waals surface area (Å²) in [5.74, 6) is -1.73. The predicted octanol–water partition coefficient (Wildman–Crippen LogP) is 0.339. The van der Waals surface area contributed by atoms with Crippen molar-refractivity contribution in [3.05, 3.63) is 39.9 Å². The largest absolute Gasteiger partial charge is 0.463 e. The molecule has 3 N–H and O–H groups in total. The number of nitrogens with one attached hydrogen (secondary N) is 2. The summed E-state index contributed by atoms with van der Waals surface area (Å²) in [5.41, 5.74) is 0.724. The fourth-order valence-corrected chi connectivity index (χ4v) is 2.51. The lowest BCUT2D eigenvalue weighted by Crippen LogP contribution is -2.47. The third kappa shape index (κ3) is 9.73. The molecular formula is C16H21N3O8S. The van der Waals surface area contributed by atoms with Gasteiger partial charge >= 0.3 is 5.97 Å². The second kappa shape index (κ2) is 12.5. The van der Waals surface area contributed by atoms with Gasteiger partial charge in [0.1, 0.15) is 12.6 Å². The van der Waals surface area contributed by atoms with Crippen LogP contribution < -0.4 is 10.0 Å². The van der Waals surface area contributed by atoms with Crippen molar-refractivity contribution in [1.82, 2.24) is 10.0 Å². The van der Waals surface area contributed by atoms with E-state index in [9.17, 15) is 24.5 Å². The van der Waals surface area contributed by atoms with Crippen LogP contribution in [0.2, 0.25) is 0 Å². The molecule has 2 amide bonds. The summed E-state index contributed by atoms with van der Waals surface area (Å²) < 4.78 is 7.48. The number of rotatable bonds is 12. The minimum absolute atomic E-state index is 0.0799. The van der Waals surface area contributed by atoms with Crippen molar-refractivity contribution in [3.63, 3.8) is 0 Å². The molecule has 0 heterocycles. The highest BCUT2D eigenvalue weighted by Gasteiger charge is 2.21. The fraction of sp³-hybridized carbons (Fsp3) is 0.438. The Morgan fingerprint density at radius 2 is 1.96 bits per heavy atom. The summed E-state index contributed by atoms with van der Waals surface area (Å²) in [4.78, 5) is 49.9. The monoisotopic (exact) mass is 415 g/mol. The lowest BCUT2D eigenvalue weighted by atomic mass is 10.2. The third-order valence-electron chi connectivity index (χ3n) is 3.20. The molecule has 11 nitrogen and oxygen atoms in total. The van der Waals surface area contributed by atoms with Gasteiger partial charge in [0, 0.05) is 18.2 Å². The Morgan fingerprint density at radius 3 is 2.54 bits per heavy atom. The van der Waals surface area contributed by atoms with E-state index in [1.165, 1.54) is 6.92 Å². The van der Waals surface area contributed by atoms with E-state index in [0.29, 0.717) is 4.90 Å². The molecule has 12 heteroatoms. The van der Waals surface area contributed by atoms with Crippen LogP contribution >= 0.6 is 11.9 Å². The van der Waals surface area contributed by atoms with E-state index in [-0.39, 0.29) is 32.7 Å². The number of benzene rings is 1. The first-order valence-electron chi connectivity index (χ1n) is 8.18. The van der Waals surface area contributed by atoms with E-state index < -0.39 is 28.9 Å². The number of hydrogen-bond donors (Lipinski definition) is 3. The van der Waals surface area contributed by atoms with Crippen molar-refractivity contribution < 1.29 is 34.2 Å². The molecule has 1 aromatic carbocycles. The topological polar surface area (TPSA) is 157 Å². The van der Waals surface area contributed by atoms with E-state index in [1.807, 2.05) is 0 Å². The van der Waals surface area contributed by atoms with Crippen molar-refractivity contribution >= 4 is 29.7 Å². The first kappa shape index (κ1) is 23.2. The molecule has 0 bridgehead atoms. The van der Waals surface area contributed by atoms with E-state index in [0.717, 1.165) is 17.5 Å². The van der Waals surface area contributed by atoms with Gasteiger partial charge in [0.15, 0.2) is 0 Å². The van der Waals surface area contributed by atoms with Crippen molar-refractivity contribution in [1.29, 1.82) is 0 Å². The lowest BCUT2D eigenvalue weighted by Gasteiger charge is -2.17. The Labute approximate surface area is 165 Å². The average Bonchev–Trinajstić information content (AvgIpc) is 2.66. The van der Waals surface area contributed by atoms with Gasteiger partial charge in [-0.05, 0) is 36.1 Å². The maximum absolute atomic E-state index is 12.3.